The monoisotopic (exact) mass is 593 g/mol. The standard InChI is InChI=1S/C38H23N7O/c1-2-6-28(7-3-1)37-41-30-14-15-32-33(34(30)46-37)29-8-4-5-9-31(29)45(32)38-43-35(42-36(44-38)27-18-22-40-23-19-27)26-12-10-24(11-13-26)25-16-20-39-21-17-25/h1-23H. The van der Waals surface area contributed by atoms with Crippen LogP contribution in [0, 0.1) is 0 Å². The van der Waals surface area contributed by atoms with Gasteiger partial charge in [-0.1, -0.05) is 60.7 Å². The van der Waals surface area contributed by atoms with E-state index in [0.717, 1.165) is 60.7 Å². The summed E-state index contributed by atoms with van der Waals surface area (Å²) in [6, 6.07) is 38.3. The molecule has 0 aliphatic carbocycles. The minimum Gasteiger partial charge on any atom is -0.435 e. The largest absolute Gasteiger partial charge is 0.435 e. The average molecular weight is 594 g/mol. The summed E-state index contributed by atoms with van der Waals surface area (Å²) >= 11 is 0. The summed E-state index contributed by atoms with van der Waals surface area (Å²) in [5, 5.41) is 1.98. The highest BCUT2D eigenvalue weighted by Gasteiger charge is 2.21. The van der Waals surface area contributed by atoms with Crippen LogP contribution in [0.2, 0.25) is 0 Å². The summed E-state index contributed by atoms with van der Waals surface area (Å²) in [5.74, 6) is 2.20. The van der Waals surface area contributed by atoms with Crippen LogP contribution in [0.3, 0.4) is 0 Å². The van der Waals surface area contributed by atoms with Crippen molar-refractivity contribution in [2.75, 3.05) is 0 Å². The Bertz CT molecular complexity index is 2510. The van der Waals surface area contributed by atoms with Crippen LogP contribution in [0.25, 0.3) is 84.2 Å². The van der Waals surface area contributed by atoms with Crippen molar-refractivity contribution in [1.82, 2.24) is 34.5 Å². The van der Waals surface area contributed by atoms with Crippen LogP contribution in [-0.4, -0.2) is 34.5 Å². The highest BCUT2D eigenvalue weighted by Crippen LogP contribution is 2.38. The van der Waals surface area contributed by atoms with Gasteiger partial charge in [-0.3, -0.25) is 14.5 Å². The van der Waals surface area contributed by atoms with E-state index in [4.69, 9.17) is 24.4 Å². The van der Waals surface area contributed by atoms with Crippen molar-refractivity contribution >= 4 is 32.9 Å². The first-order valence-corrected chi connectivity index (χ1v) is 14.9. The molecule has 0 saturated carbocycles. The SMILES string of the molecule is c1ccc(-c2nc3ccc4c(c5ccccc5n4-c4nc(-c5ccncc5)nc(-c5ccc(-c6ccncc6)cc5)n4)c3o2)cc1. The molecule has 0 aliphatic rings. The first-order valence-electron chi connectivity index (χ1n) is 14.9. The van der Waals surface area contributed by atoms with Gasteiger partial charge in [0.15, 0.2) is 17.2 Å². The summed E-state index contributed by atoms with van der Waals surface area (Å²) in [6.07, 6.45) is 7.08. The summed E-state index contributed by atoms with van der Waals surface area (Å²) < 4.78 is 8.55. The lowest BCUT2D eigenvalue weighted by Crippen LogP contribution is -2.06. The molecule has 5 aromatic heterocycles. The van der Waals surface area contributed by atoms with Crippen LogP contribution in [-0.2, 0) is 0 Å². The second kappa shape index (κ2) is 10.6. The number of nitrogens with zero attached hydrogens (tertiary/aromatic N) is 7. The number of rotatable bonds is 5. The van der Waals surface area contributed by atoms with E-state index in [1.54, 1.807) is 24.8 Å². The molecule has 0 unspecified atom stereocenters. The minimum atomic E-state index is 0.503. The molecule has 216 valence electrons. The molecule has 0 saturated heterocycles. The Labute approximate surface area is 262 Å². The highest BCUT2D eigenvalue weighted by molar-refractivity contribution is 6.19. The Morgan fingerprint density at radius 3 is 1.80 bits per heavy atom. The van der Waals surface area contributed by atoms with E-state index in [9.17, 15) is 0 Å². The Balaban J connectivity index is 1.27. The van der Waals surface area contributed by atoms with Gasteiger partial charge in [-0.05, 0) is 65.7 Å². The molecule has 9 rings (SSSR count). The molecule has 9 aromatic rings. The molecule has 0 N–H and O–H groups in total. The van der Waals surface area contributed by atoms with Gasteiger partial charge in [-0.25, -0.2) is 9.97 Å². The van der Waals surface area contributed by atoms with Crippen LogP contribution >= 0.6 is 0 Å². The quantitative estimate of drug-likeness (QED) is 0.197. The molecule has 0 atom stereocenters. The van der Waals surface area contributed by atoms with E-state index in [0.29, 0.717) is 23.5 Å². The molecule has 8 heteroatoms. The van der Waals surface area contributed by atoms with Gasteiger partial charge in [-0.2, -0.15) is 9.97 Å². The highest BCUT2D eigenvalue weighted by atomic mass is 16.3. The predicted molar refractivity (Wildman–Crippen MR) is 179 cm³/mol. The van der Waals surface area contributed by atoms with Crippen molar-refractivity contribution in [2.24, 2.45) is 0 Å². The van der Waals surface area contributed by atoms with E-state index in [-0.39, 0.29) is 0 Å². The molecule has 0 fully saturated rings. The average Bonchev–Trinajstić information content (AvgIpc) is 3.72. The molecule has 8 nitrogen and oxygen atoms in total. The first kappa shape index (κ1) is 25.9. The molecule has 0 bridgehead atoms. The van der Waals surface area contributed by atoms with Crippen LogP contribution in [0.15, 0.2) is 144 Å². The molecule has 0 spiro atoms. The minimum absolute atomic E-state index is 0.503. The fourth-order valence-electron chi connectivity index (χ4n) is 5.94. The summed E-state index contributed by atoms with van der Waals surface area (Å²) in [4.78, 5) is 28.2. The first-order chi connectivity index (χ1) is 22.8. The second-order valence-electron chi connectivity index (χ2n) is 10.9. The van der Waals surface area contributed by atoms with Crippen molar-refractivity contribution in [2.45, 2.75) is 0 Å². The zero-order valence-corrected chi connectivity index (χ0v) is 24.3. The number of hydrogen-bond acceptors (Lipinski definition) is 7. The number of aromatic nitrogens is 7. The van der Waals surface area contributed by atoms with Crippen molar-refractivity contribution in [1.29, 1.82) is 0 Å². The normalized spacial score (nSPS) is 11.5. The Hall–Kier alpha value is -6.54. The third-order valence-corrected chi connectivity index (χ3v) is 8.13. The number of pyridine rings is 2. The van der Waals surface area contributed by atoms with Crippen LogP contribution in [0.1, 0.15) is 0 Å². The van der Waals surface area contributed by atoms with Gasteiger partial charge >= 0.3 is 0 Å². The van der Waals surface area contributed by atoms with Crippen molar-refractivity contribution < 1.29 is 4.42 Å². The number of para-hydroxylation sites is 1. The number of hydrogen-bond donors (Lipinski definition) is 0. The van der Waals surface area contributed by atoms with Crippen LogP contribution in [0.5, 0.6) is 0 Å². The fourth-order valence-corrected chi connectivity index (χ4v) is 5.94. The topological polar surface area (TPSA) is 95.4 Å². The van der Waals surface area contributed by atoms with Gasteiger partial charge in [0, 0.05) is 46.9 Å². The molecule has 0 radical (unpaired) electrons. The molecule has 0 aliphatic heterocycles. The van der Waals surface area contributed by atoms with Gasteiger partial charge < -0.3 is 4.42 Å². The zero-order chi connectivity index (χ0) is 30.5. The zero-order valence-electron chi connectivity index (χ0n) is 24.3. The predicted octanol–water partition coefficient (Wildman–Crippen LogP) is 8.57. The van der Waals surface area contributed by atoms with Gasteiger partial charge in [-0.15, -0.1) is 0 Å². The Morgan fingerprint density at radius 2 is 1.07 bits per heavy atom. The van der Waals surface area contributed by atoms with Crippen molar-refractivity contribution in [3.05, 3.63) is 140 Å². The molecule has 46 heavy (non-hydrogen) atoms. The lowest BCUT2D eigenvalue weighted by atomic mass is 10.0. The van der Waals surface area contributed by atoms with Crippen LogP contribution in [0.4, 0.5) is 0 Å². The molecule has 5 heterocycles. The molecule has 4 aromatic carbocycles. The Morgan fingerprint density at radius 1 is 0.457 bits per heavy atom. The maximum Gasteiger partial charge on any atom is 0.238 e. The van der Waals surface area contributed by atoms with E-state index in [1.807, 2.05) is 84.9 Å². The summed E-state index contributed by atoms with van der Waals surface area (Å²) in [5.41, 5.74) is 8.21. The number of oxazole rings is 1. The van der Waals surface area contributed by atoms with E-state index in [2.05, 4.69) is 44.9 Å². The third-order valence-electron chi connectivity index (χ3n) is 8.13. The van der Waals surface area contributed by atoms with Gasteiger partial charge in [0.2, 0.25) is 11.8 Å². The maximum atomic E-state index is 6.47. The van der Waals surface area contributed by atoms with Crippen molar-refractivity contribution in [3.8, 4) is 51.3 Å². The van der Waals surface area contributed by atoms with Crippen LogP contribution < -0.4 is 0 Å². The molecular formula is C38H23N7O. The third kappa shape index (κ3) is 4.31. The second-order valence-corrected chi connectivity index (χ2v) is 10.9. The van der Waals surface area contributed by atoms with E-state index in [1.165, 1.54) is 0 Å². The summed E-state index contributed by atoms with van der Waals surface area (Å²) in [7, 11) is 0. The number of benzene rings is 4. The summed E-state index contributed by atoms with van der Waals surface area (Å²) in [6.45, 7) is 0. The lowest BCUT2D eigenvalue weighted by molar-refractivity contribution is 0.623. The van der Waals surface area contributed by atoms with Gasteiger partial charge in [0.1, 0.15) is 5.52 Å². The van der Waals surface area contributed by atoms with Crippen molar-refractivity contribution in [3.63, 3.8) is 0 Å². The smallest absolute Gasteiger partial charge is 0.238 e. The fraction of sp³-hybridized carbons (Fsp3) is 0. The van der Waals surface area contributed by atoms with Gasteiger partial charge in [0.25, 0.3) is 0 Å². The maximum absolute atomic E-state index is 6.47. The Kier molecular flexibility index (Phi) is 5.95. The van der Waals surface area contributed by atoms with E-state index >= 15 is 0 Å². The molecular weight excluding hydrogens is 570 g/mol. The number of fused-ring (bicyclic) bond motifs is 5. The van der Waals surface area contributed by atoms with Gasteiger partial charge in [0.05, 0.1) is 16.4 Å². The molecule has 0 amide bonds. The lowest BCUT2D eigenvalue weighted by Gasteiger charge is -2.11. The van der Waals surface area contributed by atoms with E-state index < -0.39 is 0 Å².